The first-order valence-electron chi connectivity index (χ1n) is 8.99. The fourth-order valence-electron chi connectivity index (χ4n) is 3.05. The van der Waals surface area contributed by atoms with Gasteiger partial charge in [-0.3, -0.25) is 0 Å². The molecule has 1 aromatic rings. The van der Waals surface area contributed by atoms with Crippen LogP contribution in [0.4, 0.5) is 5.69 Å². The summed E-state index contributed by atoms with van der Waals surface area (Å²) in [6.45, 7) is 3.94. The quantitative estimate of drug-likeness (QED) is 0.639. The number of rotatable bonds is 7. The molecule has 2 rings (SSSR count). The average molecular weight is 368 g/mol. The van der Waals surface area contributed by atoms with Gasteiger partial charge in [0.25, 0.3) is 0 Å². The van der Waals surface area contributed by atoms with Gasteiger partial charge >= 0.3 is 5.97 Å². The Hall–Kier alpha value is -1.60. The summed E-state index contributed by atoms with van der Waals surface area (Å²) in [5.41, 5.74) is 0.416. The Labute approximate surface area is 150 Å². The Balaban J connectivity index is 2.25. The molecule has 0 saturated heterocycles. The van der Waals surface area contributed by atoms with E-state index in [0.29, 0.717) is 5.69 Å². The van der Waals surface area contributed by atoms with Crippen molar-refractivity contribution in [2.24, 2.45) is 0 Å². The first-order chi connectivity index (χ1) is 11.8. The molecule has 1 atom stereocenters. The highest BCUT2D eigenvalue weighted by Crippen LogP contribution is 2.24. The van der Waals surface area contributed by atoms with E-state index in [1.807, 2.05) is 13.8 Å². The summed E-state index contributed by atoms with van der Waals surface area (Å²) in [4.78, 5) is 11.6. The standard InChI is InChI=1S/C18H28N2O4S/c1-3-13(2)19-17-11-10-15(12-16(17)18(21)22)25(23,24)20-14-8-6-4-5-7-9-14/h10-14,19-20H,3-9H2,1-2H3,(H,21,22)/t13-/m0/s1. The molecule has 0 spiro atoms. The average Bonchev–Trinajstić information content (AvgIpc) is 2.82. The van der Waals surface area contributed by atoms with Crippen molar-refractivity contribution in [2.75, 3.05) is 5.32 Å². The molecular weight excluding hydrogens is 340 g/mol. The van der Waals surface area contributed by atoms with Gasteiger partial charge in [-0.1, -0.05) is 32.6 Å². The van der Waals surface area contributed by atoms with Gasteiger partial charge in [0.05, 0.1) is 10.5 Å². The second-order valence-electron chi connectivity index (χ2n) is 6.78. The molecule has 0 aromatic heterocycles. The summed E-state index contributed by atoms with van der Waals surface area (Å²) in [5, 5.41) is 12.6. The highest BCUT2D eigenvalue weighted by atomic mass is 32.2. The largest absolute Gasteiger partial charge is 0.478 e. The maximum Gasteiger partial charge on any atom is 0.337 e. The zero-order valence-corrected chi connectivity index (χ0v) is 15.7. The van der Waals surface area contributed by atoms with E-state index in [-0.39, 0.29) is 22.5 Å². The summed E-state index contributed by atoms with van der Waals surface area (Å²) in [6, 6.07) is 4.28. The van der Waals surface area contributed by atoms with Gasteiger partial charge in [-0.05, 0) is 44.4 Å². The highest BCUT2D eigenvalue weighted by molar-refractivity contribution is 7.89. The van der Waals surface area contributed by atoms with Gasteiger partial charge in [-0.25, -0.2) is 17.9 Å². The second kappa shape index (κ2) is 8.67. The molecule has 140 valence electrons. The molecule has 3 N–H and O–H groups in total. The predicted molar refractivity (Wildman–Crippen MR) is 98.6 cm³/mol. The van der Waals surface area contributed by atoms with Crippen LogP contribution in [-0.4, -0.2) is 31.6 Å². The number of anilines is 1. The zero-order valence-electron chi connectivity index (χ0n) is 14.9. The van der Waals surface area contributed by atoms with Crippen LogP contribution in [0.15, 0.2) is 23.1 Å². The third-order valence-electron chi connectivity index (χ3n) is 4.72. The van der Waals surface area contributed by atoms with Gasteiger partial charge in [0.15, 0.2) is 0 Å². The van der Waals surface area contributed by atoms with Crippen molar-refractivity contribution in [2.45, 2.75) is 75.8 Å². The summed E-state index contributed by atoms with van der Waals surface area (Å²) in [5.74, 6) is -1.14. The normalized spacial score (nSPS) is 17.7. The molecule has 1 aromatic carbocycles. The van der Waals surface area contributed by atoms with Crippen LogP contribution in [-0.2, 0) is 10.0 Å². The van der Waals surface area contributed by atoms with Crippen LogP contribution < -0.4 is 10.0 Å². The van der Waals surface area contributed by atoms with Crippen LogP contribution in [0.3, 0.4) is 0 Å². The lowest BCUT2D eigenvalue weighted by atomic mass is 10.1. The van der Waals surface area contributed by atoms with Crippen molar-refractivity contribution in [1.29, 1.82) is 0 Å². The number of benzene rings is 1. The van der Waals surface area contributed by atoms with E-state index in [1.54, 1.807) is 0 Å². The maximum absolute atomic E-state index is 12.7. The van der Waals surface area contributed by atoms with Gasteiger partial charge in [0.2, 0.25) is 10.0 Å². The lowest BCUT2D eigenvalue weighted by molar-refractivity contribution is 0.0697. The van der Waals surface area contributed by atoms with Crippen molar-refractivity contribution in [1.82, 2.24) is 4.72 Å². The Morgan fingerprint density at radius 1 is 1.24 bits per heavy atom. The van der Waals surface area contributed by atoms with E-state index in [0.717, 1.165) is 44.9 Å². The lowest BCUT2D eigenvalue weighted by Crippen LogP contribution is -2.34. The molecule has 0 unspecified atom stereocenters. The Kier molecular flexibility index (Phi) is 6.84. The van der Waals surface area contributed by atoms with Gasteiger partial charge in [-0.15, -0.1) is 0 Å². The molecule has 6 nitrogen and oxygen atoms in total. The molecule has 25 heavy (non-hydrogen) atoms. The number of sulfonamides is 1. The van der Waals surface area contributed by atoms with Crippen molar-refractivity contribution in [3.63, 3.8) is 0 Å². The summed E-state index contributed by atoms with van der Waals surface area (Å²) in [7, 11) is -3.72. The van der Waals surface area contributed by atoms with Crippen molar-refractivity contribution >= 4 is 21.7 Å². The molecule has 0 amide bonds. The van der Waals surface area contributed by atoms with Gasteiger partial charge in [0, 0.05) is 17.8 Å². The summed E-state index contributed by atoms with van der Waals surface area (Å²) >= 11 is 0. The fourth-order valence-corrected chi connectivity index (χ4v) is 4.38. The van der Waals surface area contributed by atoms with Crippen LogP contribution in [0.2, 0.25) is 0 Å². The third-order valence-corrected chi connectivity index (χ3v) is 6.24. The summed E-state index contributed by atoms with van der Waals surface area (Å²) in [6.07, 6.45) is 6.81. The first-order valence-corrected chi connectivity index (χ1v) is 10.5. The number of hydrogen-bond donors (Lipinski definition) is 3. The molecular formula is C18H28N2O4S. The molecule has 0 heterocycles. The molecule has 1 saturated carbocycles. The number of hydrogen-bond acceptors (Lipinski definition) is 4. The van der Waals surface area contributed by atoms with Crippen molar-refractivity contribution in [3.8, 4) is 0 Å². The molecule has 1 aliphatic carbocycles. The topological polar surface area (TPSA) is 95.5 Å². The van der Waals surface area contributed by atoms with Crippen LogP contribution >= 0.6 is 0 Å². The molecule has 1 fully saturated rings. The number of carbonyl (C=O) groups is 1. The van der Waals surface area contributed by atoms with E-state index in [4.69, 9.17) is 0 Å². The van der Waals surface area contributed by atoms with Gasteiger partial charge in [-0.2, -0.15) is 0 Å². The fraction of sp³-hybridized carbons (Fsp3) is 0.611. The maximum atomic E-state index is 12.7. The minimum atomic E-state index is -3.72. The molecule has 1 aliphatic rings. The van der Waals surface area contributed by atoms with Crippen LogP contribution in [0.25, 0.3) is 0 Å². The number of nitrogens with one attached hydrogen (secondary N) is 2. The lowest BCUT2D eigenvalue weighted by Gasteiger charge is -2.18. The molecule has 0 aliphatic heterocycles. The second-order valence-corrected chi connectivity index (χ2v) is 8.49. The molecule has 0 bridgehead atoms. The van der Waals surface area contributed by atoms with E-state index < -0.39 is 16.0 Å². The zero-order chi connectivity index (χ0) is 18.4. The van der Waals surface area contributed by atoms with E-state index in [9.17, 15) is 18.3 Å². The Bertz CT molecular complexity index is 695. The number of carboxylic acid groups (broad SMARTS) is 1. The van der Waals surface area contributed by atoms with E-state index in [2.05, 4.69) is 10.0 Å². The number of carboxylic acids is 1. The van der Waals surface area contributed by atoms with E-state index in [1.165, 1.54) is 18.2 Å². The minimum absolute atomic E-state index is 0.00356. The summed E-state index contributed by atoms with van der Waals surface area (Å²) < 4.78 is 28.1. The molecule has 0 radical (unpaired) electrons. The first kappa shape index (κ1) is 19.7. The number of aromatic carboxylic acids is 1. The van der Waals surface area contributed by atoms with E-state index >= 15 is 0 Å². The van der Waals surface area contributed by atoms with Crippen molar-refractivity contribution < 1.29 is 18.3 Å². The van der Waals surface area contributed by atoms with Crippen molar-refractivity contribution in [3.05, 3.63) is 23.8 Å². The van der Waals surface area contributed by atoms with Gasteiger partial charge in [0.1, 0.15) is 0 Å². The Morgan fingerprint density at radius 3 is 2.44 bits per heavy atom. The van der Waals surface area contributed by atoms with Crippen LogP contribution in [0, 0.1) is 0 Å². The van der Waals surface area contributed by atoms with Gasteiger partial charge < -0.3 is 10.4 Å². The molecule has 7 heteroatoms. The Morgan fingerprint density at radius 2 is 1.88 bits per heavy atom. The third kappa shape index (κ3) is 5.44. The SMILES string of the molecule is CC[C@H](C)Nc1ccc(S(=O)(=O)NC2CCCCCC2)cc1C(=O)O. The monoisotopic (exact) mass is 368 g/mol. The highest BCUT2D eigenvalue weighted by Gasteiger charge is 2.23. The van der Waals surface area contributed by atoms with Crippen LogP contribution in [0.1, 0.15) is 69.2 Å². The van der Waals surface area contributed by atoms with Crippen LogP contribution in [0.5, 0.6) is 0 Å². The smallest absolute Gasteiger partial charge is 0.337 e. The predicted octanol–water partition coefficient (Wildman–Crippen LogP) is 3.60. The minimum Gasteiger partial charge on any atom is -0.478 e.